The lowest BCUT2D eigenvalue weighted by Crippen LogP contribution is -2.29. The molecule has 3 atom stereocenters. The molecular formula is C17H17N6O+. The lowest BCUT2D eigenvalue weighted by atomic mass is 9.95. The number of nitrogens with zero attached hydrogens (tertiary/aromatic N) is 5. The van der Waals surface area contributed by atoms with Crippen molar-refractivity contribution in [1.29, 1.82) is 5.26 Å². The summed E-state index contributed by atoms with van der Waals surface area (Å²) in [6.45, 7) is 0. The van der Waals surface area contributed by atoms with Crippen molar-refractivity contribution >= 4 is 29.2 Å². The van der Waals surface area contributed by atoms with Crippen LogP contribution in [-0.4, -0.2) is 43.9 Å². The fourth-order valence-electron chi connectivity index (χ4n) is 3.63. The summed E-state index contributed by atoms with van der Waals surface area (Å²) in [7, 11) is 0. The third-order valence-electron chi connectivity index (χ3n) is 4.84. The van der Waals surface area contributed by atoms with Crippen molar-refractivity contribution in [1.82, 2.24) is 15.0 Å². The molecule has 3 heterocycles. The van der Waals surface area contributed by atoms with Crippen molar-refractivity contribution in [3.05, 3.63) is 24.3 Å². The average Bonchev–Trinajstić information content (AvgIpc) is 3.32. The highest BCUT2D eigenvalue weighted by Gasteiger charge is 2.39. The molecule has 1 aliphatic heterocycles. The van der Waals surface area contributed by atoms with Crippen LogP contribution in [0.2, 0.25) is 0 Å². The van der Waals surface area contributed by atoms with Crippen LogP contribution >= 0.6 is 0 Å². The fourth-order valence-corrected chi connectivity index (χ4v) is 3.63. The Bertz CT molecular complexity index is 890. The van der Waals surface area contributed by atoms with Crippen molar-refractivity contribution in [2.24, 2.45) is 11.0 Å². The molecule has 7 nitrogen and oxygen atoms in total. The molecule has 1 saturated carbocycles. The molecule has 0 radical (unpaired) electrons. The summed E-state index contributed by atoms with van der Waals surface area (Å²) in [6, 6.07) is 4.15. The van der Waals surface area contributed by atoms with E-state index in [0.717, 1.165) is 23.1 Å². The number of rotatable bonds is 4. The zero-order valence-corrected chi connectivity index (χ0v) is 13.1. The average molecular weight is 321 g/mol. The zero-order chi connectivity index (χ0) is 16.5. The summed E-state index contributed by atoms with van der Waals surface area (Å²) in [5.74, 6) is 0.430. The summed E-state index contributed by atoms with van der Waals surface area (Å²) in [5.41, 5.74) is 1.70. The highest BCUT2D eigenvalue weighted by atomic mass is 16.1. The zero-order valence-electron chi connectivity index (χ0n) is 13.1. The molecule has 4 rings (SSSR count). The number of aromatic amines is 1. The number of nitrogens with one attached hydrogen (secondary N) is 1. The lowest BCUT2D eigenvalue weighted by Gasteiger charge is -2.13. The maximum absolute atomic E-state index is 11.6. The number of carbonyl (C=O) groups is 1. The van der Waals surface area contributed by atoms with Gasteiger partial charge in [-0.25, -0.2) is 9.97 Å². The number of hydrogen-bond acceptors (Lipinski definition) is 5. The van der Waals surface area contributed by atoms with E-state index >= 15 is 0 Å². The molecule has 0 saturated heterocycles. The summed E-state index contributed by atoms with van der Waals surface area (Å²) in [5, 5.41) is 14.6. The molecule has 1 aliphatic carbocycles. The third-order valence-corrected chi connectivity index (χ3v) is 4.84. The molecule has 1 N–H and O–H groups in total. The molecule has 0 aromatic carbocycles. The first-order chi connectivity index (χ1) is 11.8. The Morgan fingerprint density at radius 3 is 3.17 bits per heavy atom. The van der Waals surface area contributed by atoms with Crippen LogP contribution in [0.1, 0.15) is 37.3 Å². The van der Waals surface area contributed by atoms with Crippen LogP contribution in [0.15, 0.2) is 23.7 Å². The number of carbonyl (C=O) groups excluding carboxylic acids is 1. The second kappa shape index (κ2) is 5.96. The van der Waals surface area contributed by atoms with Gasteiger partial charge in [-0.05, 0) is 17.6 Å². The molecule has 2 aromatic heterocycles. The molecule has 2 aromatic rings. The standard InChI is InChI=1S/C17H17N6O/c18-5-3-15(11-1-2-13(24)7-11)23-9-12(8-22-23)16-14-4-6-19-17(14)21-10-20-16/h4,6,8-12,15H,1-3,7H2,(H,19,20,21)/q+1/t11-,12?,15?/m0/s1. The monoisotopic (exact) mass is 321 g/mol. The van der Waals surface area contributed by atoms with Gasteiger partial charge >= 0.3 is 0 Å². The van der Waals surface area contributed by atoms with Gasteiger partial charge in [0.05, 0.1) is 24.4 Å². The lowest BCUT2D eigenvalue weighted by molar-refractivity contribution is -0.572. The molecule has 0 spiro atoms. The van der Waals surface area contributed by atoms with Crippen molar-refractivity contribution < 1.29 is 9.48 Å². The maximum atomic E-state index is 11.6. The number of hydrogen-bond donors (Lipinski definition) is 1. The third kappa shape index (κ3) is 2.50. The Balaban J connectivity index is 1.64. The number of H-pyrrole nitrogens is 1. The van der Waals surface area contributed by atoms with Gasteiger partial charge in [0.15, 0.2) is 12.3 Å². The van der Waals surface area contributed by atoms with Gasteiger partial charge < -0.3 is 4.98 Å². The predicted octanol–water partition coefficient (Wildman–Crippen LogP) is 1.78. The van der Waals surface area contributed by atoms with Gasteiger partial charge in [-0.15, -0.1) is 0 Å². The molecular weight excluding hydrogens is 304 g/mol. The second-order valence-electron chi connectivity index (χ2n) is 6.29. The van der Waals surface area contributed by atoms with Crippen molar-refractivity contribution in [2.45, 2.75) is 37.6 Å². The van der Waals surface area contributed by atoms with Crippen LogP contribution in [0.4, 0.5) is 0 Å². The molecule has 24 heavy (non-hydrogen) atoms. The van der Waals surface area contributed by atoms with E-state index in [9.17, 15) is 4.79 Å². The van der Waals surface area contributed by atoms with E-state index in [1.807, 2.05) is 29.4 Å². The summed E-state index contributed by atoms with van der Waals surface area (Å²) >= 11 is 0. The van der Waals surface area contributed by atoms with Crippen LogP contribution < -0.4 is 0 Å². The quantitative estimate of drug-likeness (QED) is 0.868. The van der Waals surface area contributed by atoms with E-state index in [1.54, 1.807) is 6.33 Å². The van der Waals surface area contributed by atoms with Gasteiger partial charge in [-0.1, -0.05) is 4.68 Å². The minimum Gasteiger partial charge on any atom is -0.346 e. The first-order valence-corrected chi connectivity index (χ1v) is 8.10. The summed E-state index contributed by atoms with van der Waals surface area (Å²) < 4.78 is 1.86. The minimum atomic E-state index is -0.0513. The Hall–Kier alpha value is -2.88. The van der Waals surface area contributed by atoms with Crippen LogP contribution in [0.25, 0.3) is 11.0 Å². The number of fused-ring (bicyclic) bond motifs is 1. The highest BCUT2D eigenvalue weighted by Crippen LogP contribution is 2.30. The first kappa shape index (κ1) is 14.7. The van der Waals surface area contributed by atoms with E-state index in [4.69, 9.17) is 5.26 Å². The number of nitriles is 1. The van der Waals surface area contributed by atoms with Gasteiger partial charge in [0.25, 0.3) is 0 Å². The Kier molecular flexibility index (Phi) is 3.65. The second-order valence-corrected chi connectivity index (χ2v) is 6.29. The van der Waals surface area contributed by atoms with Gasteiger partial charge in [-0.2, -0.15) is 5.26 Å². The molecule has 1 fully saturated rings. The van der Waals surface area contributed by atoms with E-state index in [0.29, 0.717) is 19.3 Å². The van der Waals surface area contributed by atoms with E-state index in [2.05, 4.69) is 26.1 Å². The minimum absolute atomic E-state index is 0.0498. The number of Topliss-reactive ketones (excluding diaryl/α,β-unsaturated/α-hetero) is 1. The SMILES string of the molecule is N#CCC([C@H]1CCC(=O)C1)[N+]1=CC(c2ncnc3[nH]ccc23)C=N1. The number of hydrazone groups is 1. The van der Waals surface area contributed by atoms with Crippen molar-refractivity contribution in [2.75, 3.05) is 0 Å². The van der Waals surface area contributed by atoms with E-state index in [1.165, 1.54) is 0 Å². The molecule has 2 unspecified atom stereocenters. The van der Waals surface area contributed by atoms with E-state index in [-0.39, 0.29) is 23.7 Å². The van der Waals surface area contributed by atoms with Crippen LogP contribution in [0, 0.1) is 17.2 Å². The van der Waals surface area contributed by atoms with Gasteiger partial charge in [0.1, 0.15) is 23.7 Å². The number of aromatic nitrogens is 3. The van der Waals surface area contributed by atoms with Crippen LogP contribution in [0.3, 0.4) is 0 Å². The molecule has 2 aliphatic rings. The highest BCUT2D eigenvalue weighted by molar-refractivity contribution is 5.94. The number of ketones is 1. The molecule has 0 bridgehead atoms. The molecule has 7 heteroatoms. The maximum Gasteiger partial charge on any atom is 0.199 e. The Labute approximate surface area is 138 Å². The van der Waals surface area contributed by atoms with Gasteiger partial charge in [0.2, 0.25) is 0 Å². The summed E-state index contributed by atoms with van der Waals surface area (Å²) in [6.07, 6.45) is 9.59. The smallest absolute Gasteiger partial charge is 0.199 e. The fraction of sp³-hybridized carbons (Fsp3) is 0.412. The van der Waals surface area contributed by atoms with Gasteiger partial charge in [-0.3, -0.25) is 4.79 Å². The largest absolute Gasteiger partial charge is 0.346 e. The molecule has 120 valence electrons. The topological polar surface area (TPSA) is 97.8 Å². The predicted molar refractivity (Wildman–Crippen MR) is 87.8 cm³/mol. The first-order valence-electron chi connectivity index (χ1n) is 8.10. The van der Waals surface area contributed by atoms with Crippen molar-refractivity contribution in [3.8, 4) is 6.07 Å². The van der Waals surface area contributed by atoms with E-state index < -0.39 is 0 Å². The van der Waals surface area contributed by atoms with Crippen LogP contribution in [0.5, 0.6) is 0 Å². The Morgan fingerprint density at radius 2 is 2.38 bits per heavy atom. The van der Waals surface area contributed by atoms with Crippen LogP contribution in [-0.2, 0) is 4.79 Å². The van der Waals surface area contributed by atoms with Gasteiger partial charge in [0, 0.05) is 30.3 Å². The normalized spacial score (nSPS) is 24.3. The Morgan fingerprint density at radius 1 is 1.46 bits per heavy atom. The summed E-state index contributed by atoms with van der Waals surface area (Å²) in [4.78, 5) is 23.3. The molecule has 0 amide bonds. The van der Waals surface area contributed by atoms with Crippen molar-refractivity contribution in [3.63, 3.8) is 0 Å².